The van der Waals surface area contributed by atoms with Gasteiger partial charge in [-0.05, 0) is 46.6 Å². The van der Waals surface area contributed by atoms with Crippen molar-refractivity contribution in [3.8, 4) is 5.75 Å². The Hall–Kier alpha value is -1.97. The molecule has 0 aliphatic rings. The van der Waals surface area contributed by atoms with Gasteiger partial charge in [-0.3, -0.25) is 14.3 Å². The molecule has 0 saturated carbocycles. The molecule has 1 amide bonds. The molecule has 2 atom stereocenters. The lowest BCUT2D eigenvalue weighted by atomic mass is 10.1. The first-order chi connectivity index (χ1) is 12.8. The number of hydrogen-bond acceptors (Lipinski definition) is 6. The number of ether oxygens (including phenoxy) is 1. The lowest BCUT2D eigenvalue weighted by Crippen LogP contribution is -2.41. The van der Waals surface area contributed by atoms with Crippen LogP contribution in [0.5, 0.6) is 5.75 Å². The molecule has 1 heterocycles. The maximum Gasteiger partial charge on any atom is 0.323 e. The zero-order chi connectivity index (χ0) is 20.0. The number of carbonyl (C=O) groups is 2. The molecule has 0 fully saturated rings. The SMILES string of the molecule is C=CC(c1ccc(Br)s1)S(=O)(=O)NC(=O)C(CC)C(=O)Oc1ccccc1. The Morgan fingerprint density at radius 3 is 2.44 bits per heavy atom. The molecule has 2 unspecified atom stereocenters. The van der Waals surface area contributed by atoms with Crippen molar-refractivity contribution < 1.29 is 22.7 Å². The van der Waals surface area contributed by atoms with Gasteiger partial charge in [-0.1, -0.05) is 31.2 Å². The second-order valence-corrected chi connectivity index (χ2v) is 9.80. The molecular weight excluding hydrogens is 454 g/mol. The zero-order valence-corrected chi connectivity index (χ0v) is 17.6. The average molecular weight is 472 g/mol. The summed E-state index contributed by atoms with van der Waals surface area (Å²) in [6.45, 7) is 5.15. The van der Waals surface area contributed by atoms with Crippen LogP contribution in [0.1, 0.15) is 23.5 Å². The summed E-state index contributed by atoms with van der Waals surface area (Å²) in [6, 6.07) is 11.6. The van der Waals surface area contributed by atoms with Crippen molar-refractivity contribution >= 4 is 49.2 Å². The smallest absolute Gasteiger partial charge is 0.323 e. The van der Waals surface area contributed by atoms with Crippen molar-refractivity contribution in [2.24, 2.45) is 5.92 Å². The van der Waals surface area contributed by atoms with Crippen LogP contribution in [0.4, 0.5) is 0 Å². The van der Waals surface area contributed by atoms with E-state index in [0.29, 0.717) is 4.88 Å². The van der Waals surface area contributed by atoms with Gasteiger partial charge in [0.2, 0.25) is 15.9 Å². The van der Waals surface area contributed by atoms with Crippen LogP contribution in [0, 0.1) is 5.92 Å². The number of amides is 1. The summed E-state index contributed by atoms with van der Waals surface area (Å²) in [7, 11) is -4.11. The molecule has 27 heavy (non-hydrogen) atoms. The molecule has 0 saturated heterocycles. The van der Waals surface area contributed by atoms with Crippen LogP contribution in [0.3, 0.4) is 0 Å². The number of nitrogens with one attached hydrogen (secondary N) is 1. The monoisotopic (exact) mass is 471 g/mol. The van der Waals surface area contributed by atoms with Gasteiger partial charge in [0, 0.05) is 4.88 Å². The molecule has 1 N–H and O–H groups in total. The Balaban J connectivity index is 2.14. The standard InChI is InChI=1S/C18H18BrNO5S2/c1-3-13(18(22)25-12-8-6-5-7-9-12)17(21)20-27(23,24)15(4-2)14-10-11-16(19)26-14/h4-11,13,15H,2-3H2,1H3,(H,20,21). The van der Waals surface area contributed by atoms with Crippen LogP contribution in [-0.4, -0.2) is 20.3 Å². The van der Waals surface area contributed by atoms with Crippen molar-refractivity contribution in [3.63, 3.8) is 0 Å². The molecule has 0 aliphatic carbocycles. The van der Waals surface area contributed by atoms with Gasteiger partial charge in [0.25, 0.3) is 0 Å². The van der Waals surface area contributed by atoms with Gasteiger partial charge >= 0.3 is 5.97 Å². The molecule has 144 valence electrons. The van der Waals surface area contributed by atoms with Crippen LogP contribution in [0.15, 0.2) is 58.9 Å². The fraction of sp³-hybridized carbons (Fsp3) is 0.222. The number of carbonyl (C=O) groups excluding carboxylic acids is 2. The first-order valence-corrected chi connectivity index (χ1v) is 11.1. The lowest BCUT2D eigenvalue weighted by Gasteiger charge is -2.17. The molecule has 2 rings (SSSR count). The Morgan fingerprint density at radius 1 is 1.26 bits per heavy atom. The number of sulfonamides is 1. The van der Waals surface area contributed by atoms with Gasteiger partial charge in [-0.25, -0.2) is 8.42 Å². The molecule has 0 spiro atoms. The topological polar surface area (TPSA) is 89.5 Å². The largest absolute Gasteiger partial charge is 0.426 e. The third-order valence-corrected chi connectivity index (χ3v) is 7.09. The van der Waals surface area contributed by atoms with Gasteiger partial charge in [-0.15, -0.1) is 17.9 Å². The van der Waals surface area contributed by atoms with E-state index >= 15 is 0 Å². The number of thiophene rings is 1. The van der Waals surface area contributed by atoms with E-state index in [2.05, 4.69) is 22.5 Å². The summed E-state index contributed by atoms with van der Waals surface area (Å²) in [5.41, 5.74) is 0. The first kappa shape index (κ1) is 21.3. The van der Waals surface area contributed by atoms with Gasteiger partial charge in [-0.2, -0.15) is 0 Å². The second kappa shape index (κ2) is 9.29. The molecular formula is C18H18BrNO5S2. The summed E-state index contributed by atoms with van der Waals surface area (Å²) in [5, 5.41) is -1.11. The van der Waals surface area contributed by atoms with Crippen molar-refractivity contribution in [2.75, 3.05) is 0 Å². The van der Waals surface area contributed by atoms with Crippen LogP contribution >= 0.6 is 27.3 Å². The van der Waals surface area contributed by atoms with Gasteiger partial charge in [0.15, 0.2) is 0 Å². The van der Waals surface area contributed by atoms with Crippen molar-refractivity contribution in [2.45, 2.75) is 18.6 Å². The highest BCUT2D eigenvalue weighted by atomic mass is 79.9. The summed E-state index contributed by atoms with van der Waals surface area (Å²) in [4.78, 5) is 25.2. The summed E-state index contributed by atoms with van der Waals surface area (Å²) in [5.74, 6) is -2.71. The number of benzene rings is 1. The molecule has 9 heteroatoms. The number of rotatable bonds is 8. The number of para-hydroxylation sites is 1. The maximum absolute atomic E-state index is 12.6. The van der Waals surface area contributed by atoms with Gasteiger partial charge in [0.05, 0.1) is 3.79 Å². The van der Waals surface area contributed by atoms with Gasteiger partial charge < -0.3 is 4.74 Å². The zero-order valence-electron chi connectivity index (χ0n) is 14.4. The van der Waals surface area contributed by atoms with Crippen LogP contribution < -0.4 is 9.46 Å². The minimum Gasteiger partial charge on any atom is -0.426 e. The summed E-state index contributed by atoms with van der Waals surface area (Å²) < 4.78 is 33.1. The predicted octanol–water partition coefficient (Wildman–Crippen LogP) is 3.82. The molecule has 0 bridgehead atoms. The van der Waals surface area contributed by atoms with E-state index in [1.807, 2.05) is 4.72 Å². The Morgan fingerprint density at radius 2 is 1.93 bits per heavy atom. The number of hydrogen-bond donors (Lipinski definition) is 1. The average Bonchev–Trinajstić information content (AvgIpc) is 3.02. The fourth-order valence-corrected chi connectivity index (χ4v) is 5.40. The van der Waals surface area contributed by atoms with E-state index in [1.165, 1.54) is 17.4 Å². The Kier molecular flexibility index (Phi) is 7.34. The lowest BCUT2D eigenvalue weighted by molar-refractivity contribution is -0.144. The highest BCUT2D eigenvalue weighted by Gasteiger charge is 2.33. The highest BCUT2D eigenvalue weighted by molar-refractivity contribution is 9.11. The van der Waals surface area contributed by atoms with Crippen molar-refractivity contribution in [1.29, 1.82) is 0 Å². The summed E-state index contributed by atoms with van der Waals surface area (Å²) >= 11 is 4.49. The molecule has 0 radical (unpaired) electrons. The highest BCUT2D eigenvalue weighted by Crippen LogP contribution is 2.32. The van der Waals surface area contributed by atoms with Crippen molar-refractivity contribution in [1.82, 2.24) is 4.72 Å². The van der Waals surface area contributed by atoms with E-state index in [0.717, 1.165) is 3.79 Å². The fourth-order valence-electron chi connectivity index (χ4n) is 2.29. The Bertz CT molecular complexity index is 924. The van der Waals surface area contributed by atoms with E-state index in [1.54, 1.807) is 49.4 Å². The van der Waals surface area contributed by atoms with Gasteiger partial charge in [0.1, 0.15) is 16.9 Å². The van der Waals surface area contributed by atoms with Crippen LogP contribution in [-0.2, 0) is 19.6 Å². The second-order valence-electron chi connectivity index (χ2n) is 5.50. The molecule has 1 aromatic carbocycles. The molecule has 6 nitrogen and oxygen atoms in total. The molecule has 2 aromatic rings. The minimum atomic E-state index is -4.11. The minimum absolute atomic E-state index is 0.0936. The third kappa shape index (κ3) is 5.50. The van der Waals surface area contributed by atoms with E-state index in [4.69, 9.17) is 4.74 Å². The molecule has 0 aliphatic heterocycles. The first-order valence-electron chi connectivity index (χ1n) is 7.98. The van der Waals surface area contributed by atoms with E-state index in [9.17, 15) is 18.0 Å². The normalized spacial score (nSPS) is 13.4. The third-order valence-electron chi connectivity index (χ3n) is 3.64. The number of esters is 1. The van der Waals surface area contributed by atoms with Crippen LogP contribution in [0.2, 0.25) is 0 Å². The Labute approximate surface area is 170 Å². The predicted molar refractivity (Wildman–Crippen MR) is 108 cm³/mol. The quantitative estimate of drug-likeness (QED) is 0.273. The van der Waals surface area contributed by atoms with Crippen molar-refractivity contribution in [3.05, 3.63) is 63.8 Å². The summed E-state index contributed by atoms with van der Waals surface area (Å²) in [6.07, 6.45) is 1.33. The van der Waals surface area contributed by atoms with Crippen LogP contribution in [0.25, 0.3) is 0 Å². The van der Waals surface area contributed by atoms with E-state index < -0.39 is 33.1 Å². The number of halogens is 1. The molecule has 1 aromatic heterocycles. The van der Waals surface area contributed by atoms with E-state index in [-0.39, 0.29) is 12.2 Å². The maximum atomic E-state index is 12.6.